The Morgan fingerprint density at radius 1 is 1.17 bits per heavy atom. The van der Waals surface area contributed by atoms with E-state index in [4.69, 9.17) is 0 Å². The van der Waals surface area contributed by atoms with Gasteiger partial charge < -0.3 is 0 Å². The Kier molecular flexibility index (Phi) is 0.903. The fourth-order valence-electron chi connectivity index (χ4n) is 0.205. The molecule has 1 rings (SSSR count). The molecule has 0 aromatic carbocycles. The average Bonchev–Trinajstić information content (AvgIpc) is 1.72. The summed E-state index contributed by atoms with van der Waals surface area (Å²) < 4.78 is 0. The average molecular weight is 78.9 g/mol. The summed E-state index contributed by atoms with van der Waals surface area (Å²) in [5.41, 5.74) is 0. The quantitative estimate of drug-likeness (QED) is 0.409. The van der Waals surface area contributed by atoms with Crippen LogP contribution < -0.4 is 0 Å². The summed E-state index contributed by atoms with van der Waals surface area (Å²) in [6.07, 6.45) is 2.88. The van der Waals surface area contributed by atoms with Crippen molar-refractivity contribution < 1.29 is 0 Å². The van der Waals surface area contributed by atoms with Crippen LogP contribution in [-0.2, 0) is 0 Å². The molecule has 1 aromatic heterocycles. The van der Waals surface area contributed by atoms with Crippen molar-refractivity contribution in [2.75, 3.05) is 0 Å². The van der Waals surface area contributed by atoms with Gasteiger partial charge in [0.25, 0.3) is 0 Å². The second kappa shape index (κ2) is 1.59. The third-order valence-electron chi connectivity index (χ3n) is 0.400. The molecular weight excluding hydrogens is 76.9 g/mol. The Morgan fingerprint density at radius 3 is 2.00 bits per heavy atom. The maximum atomic E-state index is 3.56. The van der Waals surface area contributed by atoms with Gasteiger partial charge in [-0.1, -0.05) is 0 Å². The first-order valence-electron chi connectivity index (χ1n) is 1.55. The van der Waals surface area contributed by atoms with E-state index >= 15 is 0 Å². The molecule has 0 fully saturated rings. The van der Waals surface area contributed by atoms with E-state index in [0.717, 1.165) is 0 Å². The third kappa shape index (κ3) is 0.575. The van der Waals surface area contributed by atoms with Crippen LogP contribution >= 0.6 is 0 Å². The van der Waals surface area contributed by atoms with Gasteiger partial charge in [0, 0.05) is 0 Å². The SMILES string of the molecule is b1ncncn1. The summed E-state index contributed by atoms with van der Waals surface area (Å²) in [6, 6.07) is 0. The number of aromatic nitrogens is 3. The minimum absolute atomic E-state index is 1.44. The van der Waals surface area contributed by atoms with Crippen LogP contribution in [-0.4, -0.2) is 22.0 Å². The van der Waals surface area contributed by atoms with Crippen molar-refractivity contribution >= 4 is 7.19 Å². The number of hydrogen-bond donors (Lipinski definition) is 0. The van der Waals surface area contributed by atoms with Crippen molar-refractivity contribution in [3.05, 3.63) is 12.7 Å². The molecular formula is C2H2BN3. The van der Waals surface area contributed by atoms with E-state index in [9.17, 15) is 0 Å². The van der Waals surface area contributed by atoms with Crippen molar-refractivity contribution in [1.82, 2.24) is 14.8 Å². The molecule has 0 spiro atoms. The zero-order valence-electron chi connectivity index (χ0n) is 3.07. The van der Waals surface area contributed by atoms with Crippen LogP contribution in [0, 0.1) is 0 Å². The molecule has 0 aliphatic rings. The fourth-order valence-corrected chi connectivity index (χ4v) is 0.205. The van der Waals surface area contributed by atoms with Crippen molar-refractivity contribution in [1.29, 1.82) is 0 Å². The minimum atomic E-state index is 1.44. The van der Waals surface area contributed by atoms with Crippen molar-refractivity contribution in [2.45, 2.75) is 0 Å². The van der Waals surface area contributed by atoms with Gasteiger partial charge in [-0.2, -0.15) is 0 Å². The summed E-state index contributed by atoms with van der Waals surface area (Å²) in [4.78, 5) is 10.7. The summed E-state index contributed by atoms with van der Waals surface area (Å²) in [6.45, 7) is 0. The van der Waals surface area contributed by atoms with Gasteiger partial charge in [0.1, 0.15) is 0 Å². The molecule has 0 N–H and O–H groups in total. The Bertz CT molecular complexity index is 80.7. The van der Waals surface area contributed by atoms with Crippen molar-refractivity contribution in [3.63, 3.8) is 0 Å². The van der Waals surface area contributed by atoms with Gasteiger partial charge in [0.2, 0.25) is 0 Å². The monoisotopic (exact) mass is 79.0 g/mol. The van der Waals surface area contributed by atoms with Gasteiger partial charge in [-0.3, -0.25) is 0 Å². The fraction of sp³-hybridized carbons (Fsp3) is 0. The molecule has 0 amide bonds. The molecule has 0 saturated heterocycles. The summed E-state index contributed by atoms with van der Waals surface area (Å²) in [5, 5.41) is 0. The van der Waals surface area contributed by atoms with E-state index in [-0.39, 0.29) is 0 Å². The molecule has 0 aliphatic heterocycles. The van der Waals surface area contributed by atoms with Crippen molar-refractivity contribution in [2.24, 2.45) is 0 Å². The zero-order chi connectivity index (χ0) is 4.24. The van der Waals surface area contributed by atoms with Gasteiger partial charge in [0.05, 0.1) is 0 Å². The number of rotatable bonds is 0. The molecule has 28 valence electrons. The number of nitrogens with zero attached hydrogens (tertiary/aromatic N) is 3. The topological polar surface area (TPSA) is 38.7 Å². The number of hydrogen-bond acceptors (Lipinski definition) is 3. The summed E-state index contributed by atoms with van der Waals surface area (Å²) >= 11 is 0. The normalized spacial score (nSPS) is 7.33. The summed E-state index contributed by atoms with van der Waals surface area (Å²) in [7, 11) is 1.44. The van der Waals surface area contributed by atoms with Gasteiger partial charge in [-0.25, -0.2) is 0 Å². The Hall–Kier alpha value is -0.795. The first-order chi connectivity index (χ1) is 3.00. The molecule has 0 aliphatic carbocycles. The molecule has 1 heterocycles. The predicted octanol–water partition coefficient (Wildman–Crippen LogP) is -0.790. The van der Waals surface area contributed by atoms with Crippen LogP contribution in [0.25, 0.3) is 0 Å². The van der Waals surface area contributed by atoms with E-state index in [2.05, 4.69) is 14.8 Å². The molecule has 0 atom stereocenters. The second-order valence-electron chi connectivity index (χ2n) is 0.794. The van der Waals surface area contributed by atoms with E-state index in [1.807, 2.05) is 0 Å². The van der Waals surface area contributed by atoms with E-state index < -0.39 is 0 Å². The standard InChI is InChI=1S/C2H2BN3/c1-4-2-6-3-5-1/h1-2H. The maximum absolute atomic E-state index is 3.56. The van der Waals surface area contributed by atoms with Gasteiger partial charge in [-0.15, -0.1) is 0 Å². The summed E-state index contributed by atoms with van der Waals surface area (Å²) in [5.74, 6) is 0. The Labute approximate surface area is 35.7 Å². The van der Waals surface area contributed by atoms with Crippen LogP contribution in [0.15, 0.2) is 12.7 Å². The molecule has 0 saturated carbocycles. The van der Waals surface area contributed by atoms with Gasteiger partial charge in [-0.05, 0) is 0 Å². The van der Waals surface area contributed by atoms with Crippen LogP contribution in [0.2, 0.25) is 0 Å². The zero-order valence-corrected chi connectivity index (χ0v) is 3.07. The van der Waals surface area contributed by atoms with Crippen LogP contribution in [0.3, 0.4) is 0 Å². The molecule has 1 aromatic rings. The predicted molar refractivity (Wildman–Crippen MR) is 21.2 cm³/mol. The van der Waals surface area contributed by atoms with Crippen LogP contribution in [0.1, 0.15) is 0 Å². The molecule has 3 nitrogen and oxygen atoms in total. The first kappa shape index (κ1) is 3.40. The molecule has 4 heteroatoms. The molecule has 0 bridgehead atoms. The van der Waals surface area contributed by atoms with E-state index in [0.29, 0.717) is 0 Å². The van der Waals surface area contributed by atoms with Crippen LogP contribution in [0.4, 0.5) is 0 Å². The van der Waals surface area contributed by atoms with Crippen LogP contribution in [0.5, 0.6) is 0 Å². The molecule has 0 radical (unpaired) electrons. The van der Waals surface area contributed by atoms with Gasteiger partial charge >= 0.3 is 34.6 Å². The second-order valence-corrected chi connectivity index (χ2v) is 0.794. The van der Waals surface area contributed by atoms with Gasteiger partial charge in [0.15, 0.2) is 0 Å². The third-order valence-corrected chi connectivity index (χ3v) is 0.400. The van der Waals surface area contributed by atoms with Crippen molar-refractivity contribution in [3.8, 4) is 0 Å². The van der Waals surface area contributed by atoms with E-state index in [1.54, 1.807) is 0 Å². The Balaban J connectivity index is 3.00. The molecule has 6 heavy (non-hydrogen) atoms. The molecule has 0 unspecified atom stereocenters. The van der Waals surface area contributed by atoms with E-state index in [1.165, 1.54) is 19.8 Å². The first-order valence-corrected chi connectivity index (χ1v) is 1.55. The Morgan fingerprint density at radius 2 is 1.83 bits per heavy atom.